The Balaban J connectivity index is 1.32. The van der Waals surface area contributed by atoms with Crippen LogP contribution in [0.25, 0.3) is 11.1 Å². The fourth-order valence-electron chi connectivity index (χ4n) is 5.52. The Morgan fingerprint density at radius 1 is 0.806 bits per heavy atom. The number of aryl methyl sites for hydroxylation is 2. The molecule has 0 radical (unpaired) electrons. The standard InChI is InChI=1S/C32H37F3O/c1-3-4-5-6-22-9-14-25(15-10-22)28-19-17-26(31(34)32(28)35)16-11-23-7-12-24(13-8-23)27-18-20-30(36-2)29(33)21-27/h9-10,14-15,17-21,23-24H,3-8,11-13,16H2,1-2H3. The zero-order valence-corrected chi connectivity index (χ0v) is 21.5. The van der Waals surface area contributed by atoms with Crippen LogP contribution in [0.4, 0.5) is 13.2 Å². The van der Waals surface area contributed by atoms with Crippen LogP contribution in [0.1, 0.15) is 80.9 Å². The van der Waals surface area contributed by atoms with Gasteiger partial charge in [0.05, 0.1) is 7.11 Å². The van der Waals surface area contributed by atoms with Gasteiger partial charge in [0.1, 0.15) is 0 Å². The van der Waals surface area contributed by atoms with Crippen molar-refractivity contribution in [3.8, 4) is 16.9 Å². The van der Waals surface area contributed by atoms with Gasteiger partial charge in [-0.05, 0) is 97.6 Å². The molecular weight excluding hydrogens is 457 g/mol. The monoisotopic (exact) mass is 494 g/mol. The molecule has 0 spiro atoms. The van der Waals surface area contributed by atoms with E-state index in [1.165, 1.54) is 25.5 Å². The van der Waals surface area contributed by atoms with Gasteiger partial charge in [-0.25, -0.2) is 13.2 Å². The van der Waals surface area contributed by atoms with E-state index < -0.39 is 11.6 Å². The Kier molecular flexibility index (Phi) is 9.12. The number of halogens is 3. The quantitative estimate of drug-likeness (QED) is 0.255. The minimum Gasteiger partial charge on any atom is -0.494 e. The smallest absolute Gasteiger partial charge is 0.166 e. The van der Waals surface area contributed by atoms with Crippen LogP contribution in [0, 0.1) is 23.4 Å². The van der Waals surface area contributed by atoms with E-state index in [1.807, 2.05) is 30.3 Å². The Morgan fingerprint density at radius 2 is 1.56 bits per heavy atom. The van der Waals surface area contributed by atoms with Gasteiger partial charge in [0.15, 0.2) is 23.2 Å². The van der Waals surface area contributed by atoms with Crippen molar-refractivity contribution in [1.82, 2.24) is 0 Å². The van der Waals surface area contributed by atoms with Crippen molar-refractivity contribution in [1.29, 1.82) is 0 Å². The SMILES string of the molecule is CCCCCc1ccc(-c2ccc(CCC3CCC(c4ccc(OC)c(F)c4)CC3)c(F)c2F)cc1. The summed E-state index contributed by atoms with van der Waals surface area (Å²) in [5.74, 6) is -0.702. The van der Waals surface area contributed by atoms with Gasteiger partial charge in [0, 0.05) is 5.56 Å². The lowest BCUT2D eigenvalue weighted by Crippen LogP contribution is -2.14. The van der Waals surface area contributed by atoms with Crippen LogP contribution in [0.2, 0.25) is 0 Å². The molecule has 1 aliphatic rings. The molecule has 3 aromatic carbocycles. The number of hydrogen-bond acceptors (Lipinski definition) is 1. The van der Waals surface area contributed by atoms with Crippen LogP contribution in [-0.4, -0.2) is 7.11 Å². The molecule has 4 heteroatoms. The highest BCUT2D eigenvalue weighted by atomic mass is 19.2. The van der Waals surface area contributed by atoms with E-state index in [-0.39, 0.29) is 11.6 Å². The van der Waals surface area contributed by atoms with Gasteiger partial charge in [0.25, 0.3) is 0 Å². The molecule has 36 heavy (non-hydrogen) atoms. The molecule has 0 saturated heterocycles. The molecule has 0 heterocycles. The van der Waals surface area contributed by atoms with Gasteiger partial charge in [-0.15, -0.1) is 0 Å². The molecule has 0 N–H and O–H groups in total. The first-order valence-electron chi connectivity index (χ1n) is 13.4. The molecule has 0 amide bonds. The summed E-state index contributed by atoms with van der Waals surface area (Å²) in [5, 5.41) is 0. The summed E-state index contributed by atoms with van der Waals surface area (Å²) in [6.07, 6.45) is 9.93. The van der Waals surface area contributed by atoms with Crippen molar-refractivity contribution >= 4 is 0 Å². The summed E-state index contributed by atoms with van der Waals surface area (Å²) in [4.78, 5) is 0. The van der Waals surface area contributed by atoms with Crippen molar-refractivity contribution in [2.45, 2.75) is 77.0 Å². The van der Waals surface area contributed by atoms with Crippen molar-refractivity contribution in [3.05, 3.63) is 88.7 Å². The van der Waals surface area contributed by atoms with Crippen molar-refractivity contribution in [2.24, 2.45) is 5.92 Å². The third-order valence-corrected chi connectivity index (χ3v) is 7.81. The number of rotatable bonds is 10. The summed E-state index contributed by atoms with van der Waals surface area (Å²) in [6.45, 7) is 2.18. The van der Waals surface area contributed by atoms with Gasteiger partial charge >= 0.3 is 0 Å². The van der Waals surface area contributed by atoms with E-state index in [0.29, 0.717) is 34.9 Å². The number of hydrogen-bond donors (Lipinski definition) is 0. The van der Waals surface area contributed by atoms with Gasteiger partial charge in [0.2, 0.25) is 0 Å². The lowest BCUT2D eigenvalue weighted by atomic mass is 9.77. The molecular formula is C32H37F3O. The molecule has 1 nitrogen and oxygen atoms in total. The molecule has 0 aromatic heterocycles. The van der Waals surface area contributed by atoms with E-state index in [2.05, 4.69) is 6.92 Å². The molecule has 0 aliphatic heterocycles. The second-order valence-electron chi connectivity index (χ2n) is 10.2. The summed E-state index contributed by atoms with van der Waals surface area (Å²) in [5.41, 5.74) is 3.74. The van der Waals surface area contributed by atoms with Gasteiger partial charge in [-0.2, -0.15) is 0 Å². The number of benzene rings is 3. The van der Waals surface area contributed by atoms with Crippen LogP contribution in [0.15, 0.2) is 54.6 Å². The highest BCUT2D eigenvalue weighted by Gasteiger charge is 2.24. The molecule has 1 saturated carbocycles. The third-order valence-electron chi connectivity index (χ3n) is 7.81. The number of ether oxygens (including phenoxy) is 1. The molecule has 3 aromatic rings. The summed E-state index contributed by atoms with van der Waals surface area (Å²) >= 11 is 0. The largest absolute Gasteiger partial charge is 0.494 e. The Labute approximate surface area is 213 Å². The van der Waals surface area contributed by atoms with Crippen molar-refractivity contribution < 1.29 is 17.9 Å². The molecule has 1 fully saturated rings. The normalized spacial score (nSPS) is 17.8. The molecule has 4 rings (SSSR count). The van der Waals surface area contributed by atoms with E-state index >= 15 is 0 Å². The molecule has 1 aliphatic carbocycles. The highest BCUT2D eigenvalue weighted by Crippen LogP contribution is 2.39. The molecule has 192 valence electrons. The maximum atomic E-state index is 15.0. The van der Waals surface area contributed by atoms with Crippen LogP contribution in [0.3, 0.4) is 0 Å². The first kappa shape index (κ1) is 26.3. The average molecular weight is 495 g/mol. The van der Waals surface area contributed by atoms with Crippen molar-refractivity contribution in [2.75, 3.05) is 7.11 Å². The first-order valence-corrected chi connectivity index (χ1v) is 13.4. The van der Waals surface area contributed by atoms with Gasteiger partial charge < -0.3 is 4.74 Å². The Hall–Kier alpha value is -2.75. The zero-order chi connectivity index (χ0) is 25.5. The number of unbranched alkanes of at least 4 members (excludes halogenated alkanes) is 2. The lowest BCUT2D eigenvalue weighted by Gasteiger charge is -2.29. The predicted octanol–water partition coefficient (Wildman–Crippen LogP) is 9.42. The summed E-state index contributed by atoms with van der Waals surface area (Å²) in [6, 6.07) is 16.5. The molecule has 0 unspecified atom stereocenters. The molecule has 0 bridgehead atoms. The fraction of sp³-hybridized carbons (Fsp3) is 0.438. The van der Waals surface area contributed by atoms with Crippen LogP contribution in [-0.2, 0) is 12.8 Å². The lowest BCUT2D eigenvalue weighted by molar-refractivity contribution is 0.308. The average Bonchev–Trinajstić information content (AvgIpc) is 2.90. The number of methoxy groups -OCH3 is 1. The minimum absolute atomic E-state index is 0.270. The Morgan fingerprint density at radius 3 is 2.22 bits per heavy atom. The minimum atomic E-state index is -0.753. The Bertz CT molecular complexity index is 1130. The molecule has 0 atom stereocenters. The maximum Gasteiger partial charge on any atom is 0.166 e. The highest BCUT2D eigenvalue weighted by molar-refractivity contribution is 5.65. The van der Waals surface area contributed by atoms with Crippen molar-refractivity contribution in [3.63, 3.8) is 0 Å². The first-order chi connectivity index (χ1) is 17.5. The zero-order valence-electron chi connectivity index (χ0n) is 21.5. The topological polar surface area (TPSA) is 9.23 Å². The summed E-state index contributed by atoms with van der Waals surface area (Å²) < 4.78 is 49.0. The second-order valence-corrected chi connectivity index (χ2v) is 10.2. The van der Waals surface area contributed by atoms with E-state index in [4.69, 9.17) is 4.74 Å². The van der Waals surface area contributed by atoms with E-state index in [0.717, 1.165) is 50.5 Å². The van der Waals surface area contributed by atoms with Gasteiger partial charge in [-0.1, -0.05) is 62.2 Å². The summed E-state index contributed by atoms with van der Waals surface area (Å²) in [7, 11) is 1.47. The van der Waals surface area contributed by atoms with E-state index in [9.17, 15) is 13.2 Å². The maximum absolute atomic E-state index is 15.0. The van der Waals surface area contributed by atoms with E-state index in [1.54, 1.807) is 24.3 Å². The van der Waals surface area contributed by atoms with Crippen LogP contribution in [0.5, 0.6) is 5.75 Å². The predicted molar refractivity (Wildman–Crippen MR) is 141 cm³/mol. The van der Waals surface area contributed by atoms with Crippen LogP contribution >= 0.6 is 0 Å². The fourth-order valence-corrected chi connectivity index (χ4v) is 5.52. The van der Waals surface area contributed by atoms with Gasteiger partial charge in [-0.3, -0.25) is 0 Å². The second kappa shape index (κ2) is 12.5. The third kappa shape index (κ3) is 6.32. The van der Waals surface area contributed by atoms with Crippen LogP contribution < -0.4 is 4.74 Å².